The highest BCUT2D eigenvalue weighted by Gasteiger charge is 2.58. The van der Waals surface area contributed by atoms with Crippen LogP contribution < -0.4 is 0 Å². The number of nitrogens with zero attached hydrogens (tertiary/aromatic N) is 2. The second kappa shape index (κ2) is 9.13. The smallest absolute Gasteiger partial charge is 0.0748 e. The standard InChI is InChI=1S/C28H50N2O2/c1-20-24-10-8-22-7-9-23(30-15-17-32-18-16-30)19-28(22,4)25(24)11-12-27(20,3)26(31)21(2)29-13-5-6-14-29/h20-26,31H,5-19H2,1-4H3/t20?,21-,22?,23?,24?,25?,26-,27-,28-/m0/s1. The maximum Gasteiger partial charge on any atom is 0.0748 e. The Kier molecular flexibility index (Phi) is 6.73. The Labute approximate surface area is 197 Å². The van der Waals surface area contributed by atoms with E-state index in [0.29, 0.717) is 17.4 Å². The van der Waals surface area contributed by atoms with Crippen LogP contribution in [0.5, 0.6) is 0 Å². The Morgan fingerprint density at radius 2 is 1.62 bits per heavy atom. The van der Waals surface area contributed by atoms with Crippen molar-refractivity contribution in [3.8, 4) is 0 Å². The number of aliphatic hydroxyl groups is 1. The molecule has 1 N–H and O–H groups in total. The Morgan fingerprint density at radius 1 is 0.938 bits per heavy atom. The molecule has 5 aliphatic rings. The van der Waals surface area contributed by atoms with Crippen molar-refractivity contribution in [2.75, 3.05) is 39.4 Å². The number of rotatable bonds is 4. The molecule has 0 aromatic rings. The lowest BCUT2D eigenvalue weighted by Crippen LogP contribution is -2.60. The maximum atomic E-state index is 11.7. The van der Waals surface area contributed by atoms with Crippen molar-refractivity contribution in [1.29, 1.82) is 0 Å². The molecule has 2 aliphatic heterocycles. The monoisotopic (exact) mass is 446 g/mol. The molecule has 0 amide bonds. The van der Waals surface area contributed by atoms with Crippen LogP contribution >= 0.6 is 0 Å². The summed E-state index contributed by atoms with van der Waals surface area (Å²) in [5.41, 5.74) is 0.551. The first-order valence-electron chi connectivity index (χ1n) is 14.1. The second-order valence-electron chi connectivity index (χ2n) is 12.9. The topological polar surface area (TPSA) is 35.9 Å². The van der Waals surface area contributed by atoms with Crippen molar-refractivity contribution in [1.82, 2.24) is 9.80 Å². The first kappa shape index (κ1) is 23.6. The van der Waals surface area contributed by atoms with Gasteiger partial charge in [-0.3, -0.25) is 9.80 Å². The van der Waals surface area contributed by atoms with Crippen LogP contribution in [0.4, 0.5) is 0 Å². The van der Waals surface area contributed by atoms with Gasteiger partial charge in [-0.05, 0) is 112 Å². The van der Waals surface area contributed by atoms with Gasteiger partial charge < -0.3 is 9.84 Å². The summed E-state index contributed by atoms with van der Waals surface area (Å²) in [7, 11) is 0. The first-order valence-corrected chi connectivity index (χ1v) is 14.1. The lowest BCUT2D eigenvalue weighted by molar-refractivity contribution is -0.157. The summed E-state index contributed by atoms with van der Waals surface area (Å²) in [6.07, 6.45) is 12.0. The van der Waals surface area contributed by atoms with Gasteiger partial charge >= 0.3 is 0 Å². The molecule has 4 nitrogen and oxygen atoms in total. The molecular formula is C28H50N2O2. The minimum absolute atomic E-state index is 0.0602. The van der Waals surface area contributed by atoms with Gasteiger partial charge in [0, 0.05) is 25.2 Å². The van der Waals surface area contributed by atoms with Gasteiger partial charge in [0.25, 0.3) is 0 Å². The molecular weight excluding hydrogens is 396 g/mol. The quantitative estimate of drug-likeness (QED) is 0.673. The molecule has 2 saturated heterocycles. The van der Waals surface area contributed by atoms with E-state index in [0.717, 1.165) is 50.1 Å². The number of ether oxygens (including phenoxy) is 1. The number of aliphatic hydroxyl groups excluding tert-OH is 1. The average molecular weight is 447 g/mol. The third-order valence-electron chi connectivity index (χ3n) is 11.8. The molecule has 3 saturated carbocycles. The van der Waals surface area contributed by atoms with Crippen molar-refractivity contribution in [3.63, 3.8) is 0 Å². The van der Waals surface area contributed by atoms with E-state index in [4.69, 9.17) is 4.74 Å². The highest BCUT2D eigenvalue weighted by molar-refractivity contribution is 5.08. The van der Waals surface area contributed by atoms with Crippen molar-refractivity contribution in [3.05, 3.63) is 0 Å². The Hall–Kier alpha value is -0.160. The van der Waals surface area contributed by atoms with E-state index in [9.17, 15) is 5.11 Å². The molecule has 9 atom stereocenters. The van der Waals surface area contributed by atoms with E-state index in [1.165, 1.54) is 70.9 Å². The maximum absolute atomic E-state index is 11.7. The van der Waals surface area contributed by atoms with Gasteiger partial charge in [-0.2, -0.15) is 0 Å². The predicted octanol–water partition coefficient (Wildman–Crippen LogP) is 4.80. The van der Waals surface area contributed by atoms with Crippen LogP contribution in [0.1, 0.15) is 85.5 Å². The van der Waals surface area contributed by atoms with Crippen LogP contribution in [-0.4, -0.2) is 72.5 Å². The normalized spacial score (nSPS) is 48.1. The van der Waals surface area contributed by atoms with Crippen molar-refractivity contribution in [2.45, 2.75) is 104 Å². The van der Waals surface area contributed by atoms with Gasteiger partial charge in [0.15, 0.2) is 0 Å². The van der Waals surface area contributed by atoms with E-state index in [1.54, 1.807) is 0 Å². The van der Waals surface area contributed by atoms with E-state index in [2.05, 4.69) is 37.5 Å². The fourth-order valence-electron chi connectivity index (χ4n) is 9.41. The van der Waals surface area contributed by atoms with Crippen molar-refractivity contribution >= 4 is 0 Å². The molecule has 2 heterocycles. The van der Waals surface area contributed by atoms with Crippen LogP contribution in [0, 0.1) is 34.5 Å². The zero-order valence-electron chi connectivity index (χ0n) is 21.4. The number of likely N-dealkylation sites (tertiary alicyclic amines) is 1. The van der Waals surface area contributed by atoms with Gasteiger partial charge in [0.1, 0.15) is 0 Å². The molecule has 4 heteroatoms. The Balaban J connectivity index is 1.32. The third-order valence-corrected chi connectivity index (χ3v) is 11.8. The number of hydrogen-bond donors (Lipinski definition) is 1. The number of morpholine rings is 1. The molecule has 0 radical (unpaired) electrons. The Bertz CT molecular complexity index is 645. The lowest BCUT2D eigenvalue weighted by atomic mass is 9.44. The highest BCUT2D eigenvalue weighted by Crippen LogP contribution is 2.64. The summed E-state index contributed by atoms with van der Waals surface area (Å²) >= 11 is 0. The molecule has 0 aromatic carbocycles. The molecule has 32 heavy (non-hydrogen) atoms. The first-order chi connectivity index (χ1) is 15.3. The summed E-state index contributed by atoms with van der Waals surface area (Å²) < 4.78 is 5.65. The third kappa shape index (κ3) is 3.89. The van der Waals surface area contributed by atoms with E-state index < -0.39 is 0 Å². The summed E-state index contributed by atoms with van der Waals surface area (Å²) in [5, 5.41) is 11.7. The van der Waals surface area contributed by atoms with Crippen LogP contribution in [0.15, 0.2) is 0 Å². The zero-order valence-corrected chi connectivity index (χ0v) is 21.4. The van der Waals surface area contributed by atoms with Gasteiger partial charge in [-0.15, -0.1) is 0 Å². The summed E-state index contributed by atoms with van der Waals surface area (Å²) in [5.74, 6) is 3.18. The van der Waals surface area contributed by atoms with E-state index >= 15 is 0 Å². The van der Waals surface area contributed by atoms with Crippen LogP contribution in [0.3, 0.4) is 0 Å². The molecule has 0 aromatic heterocycles. The van der Waals surface area contributed by atoms with Crippen molar-refractivity contribution < 1.29 is 9.84 Å². The zero-order chi connectivity index (χ0) is 22.5. The van der Waals surface area contributed by atoms with Gasteiger partial charge in [-0.1, -0.05) is 20.8 Å². The van der Waals surface area contributed by atoms with Crippen molar-refractivity contribution in [2.24, 2.45) is 34.5 Å². The fraction of sp³-hybridized carbons (Fsp3) is 1.00. The lowest BCUT2D eigenvalue weighted by Gasteiger charge is -2.63. The van der Waals surface area contributed by atoms with E-state index in [1.807, 2.05) is 0 Å². The summed E-state index contributed by atoms with van der Waals surface area (Å²) in [6.45, 7) is 16.4. The minimum Gasteiger partial charge on any atom is -0.391 e. The SMILES string of the molecule is CC1C2CCC3CCC(N4CCOCC4)C[C@]3(C)C2CC[C@]1(C)[C@@H](O)[C@H](C)N1CCCC1. The van der Waals surface area contributed by atoms with Crippen LogP contribution in [-0.2, 0) is 4.74 Å². The Morgan fingerprint density at radius 3 is 2.34 bits per heavy atom. The second-order valence-corrected chi connectivity index (χ2v) is 12.9. The predicted molar refractivity (Wildman–Crippen MR) is 131 cm³/mol. The summed E-state index contributed by atoms with van der Waals surface area (Å²) in [4.78, 5) is 5.31. The molecule has 0 bridgehead atoms. The molecule has 3 aliphatic carbocycles. The van der Waals surface area contributed by atoms with E-state index in [-0.39, 0.29) is 11.5 Å². The molecule has 0 spiro atoms. The highest BCUT2D eigenvalue weighted by atomic mass is 16.5. The van der Waals surface area contributed by atoms with Crippen LogP contribution in [0.25, 0.3) is 0 Å². The molecule has 5 rings (SSSR count). The fourth-order valence-corrected chi connectivity index (χ4v) is 9.41. The van der Waals surface area contributed by atoms with Crippen LogP contribution in [0.2, 0.25) is 0 Å². The van der Waals surface area contributed by atoms with Gasteiger partial charge in [0.05, 0.1) is 19.3 Å². The average Bonchev–Trinajstić information content (AvgIpc) is 3.35. The summed E-state index contributed by atoms with van der Waals surface area (Å²) in [6, 6.07) is 1.07. The number of hydrogen-bond acceptors (Lipinski definition) is 4. The number of fused-ring (bicyclic) bond motifs is 3. The molecule has 5 unspecified atom stereocenters. The minimum atomic E-state index is -0.200. The molecule has 184 valence electrons. The van der Waals surface area contributed by atoms with Gasteiger partial charge in [-0.25, -0.2) is 0 Å². The largest absolute Gasteiger partial charge is 0.391 e. The molecule has 5 fully saturated rings. The van der Waals surface area contributed by atoms with Gasteiger partial charge in [0.2, 0.25) is 0 Å².